The molecule has 1 saturated heterocycles. The minimum Gasteiger partial charge on any atom is -0.316 e. The first-order valence-electron chi connectivity index (χ1n) is 4.87. The maximum atomic E-state index is 4.51. The van der Waals surface area contributed by atoms with E-state index in [2.05, 4.69) is 52.1 Å². The minimum atomic E-state index is 0.614. The van der Waals surface area contributed by atoms with Crippen LogP contribution in [-0.2, 0) is 0 Å². The number of halogens is 1. The number of hydrogen-bond acceptors (Lipinski definition) is 2. The van der Waals surface area contributed by atoms with E-state index in [-0.39, 0.29) is 0 Å². The standard InChI is InChI=1S/C11H14BrNS/c12-5-8-6-13-7-10(8)9-3-1-2-4-11(9)14/h1-4,8,10,13-14H,5-7H2. The van der Waals surface area contributed by atoms with E-state index in [0.29, 0.717) is 11.8 Å². The average Bonchev–Trinajstić information content (AvgIpc) is 2.66. The van der Waals surface area contributed by atoms with Gasteiger partial charge in [0.1, 0.15) is 0 Å². The molecule has 0 spiro atoms. The van der Waals surface area contributed by atoms with Crippen LogP contribution in [-0.4, -0.2) is 18.4 Å². The fraction of sp³-hybridized carbons (Fsp3) is 0.455. The van der Waals surface area contributed by atoms with Crippen LogP contribution in [0.3, 0.4) is 0 Å². The van der Waals surface area contributed by atoms with Gasteiger partial charge >= 0.3 is 0 Å². The maximum Gasteiger partial charge on any atom is 0.00781 e. The highest BCUT2D eigenvalue weighted by Crippen LogP contribution is 2.32. The predicted molar refractivity (Wildman–Crippen MR) is 66.6 cm³/mol. The summed E-state index contributed by atoms with van der Waals surface area (Å²) in [5, 5.41) is 4.50. The molecule has 1 heterocycles. The van der Waals surface area contributed by atoms with Crippen LogP contribution >= 0.6 is 28.6 Å². The number of nitrogens with one attached hydrogen (secondary N) is 1. The molecule has 2 unspecified atom stereocenters. The molecule has 1 fully saturated rings. The van der Waals surface area contributed by atoms with Crippen LogP contribution in [0.15, 0.2) is 29.2 Å². The van der Waals surface area contributed by atoms with Gasteiger partial charge in [-0.25, -0.2) is 0 Å². The molecule has 76 valence electrons. The molecule has 0 saturated carbocycles. The first kappa shape index (κ1) is 10.5. The average molecular weight is 272 g/mol. The van der Waals surface area contributed by atoms with E-state index in [1.807, 2.05) is 6.07 Å². The van der Waals surface area contributed by atoms with Crippen molar-refractivity contribution in [3.05, 3.63) is 29.8 Å². The number of alkyl halides is 1. The zero-order valence-corrected chi connectivity index (χ0v) is 10.4. The summed E-state index contributed by atoms with van der Waals surface area (Å²) in [6.07, 6.45) is 0. The van der Waals surface area contributed by atoms with Gasteiger partial charge in [0.05, 0.1) is 0 Å². The number of thiol groups is 1. The van der Waals surface area contributed by atoms with E-state index in [9.17, 15) is 0 Å². The van der Waals surface area contributed by atoms with E-state index in [1.54, 1.807) is 0 Å². The third kappa shape index (κ3) is 2.00. The monoisotopic (exact) mass is 271 g/mol. The lowest BCUT2D eigenvalue weighted by molar-refractivity contribution is 0.578. The second kappa shape index (κ2) is 4.69. The Kier molecular flexibility index (Phi) is 3.52. The Morgan fingerprint density at radius 2 is 2.14 bits per heavy atom. The van der Waals surface area contributed by atoms with Gasteiger partial charge in [0, 0.05) is 22.7 Å². The van der Waals surface area contributed by atoms with Crippen LogP contribution in [0.5, 0.6) is 0 Å². The Hall–Kier alpha value is 0.01000. The van der Waals surface area contributed by atoms with Crippen molar-refractivity contribution in [2.75, 3.05) is 18.4 Å². The number of hydrogen-bond donors (Lipinski definition) is 2. The first-order chi connectivity index (χ1) is 6.83. The zero-order valence-electron chi connectivity index (χ0n) is 7.91. The third-order valence-electron chi connectivity index (χ3n) is 2.87. The molecule has 1 aromatic carbocycles. The van der Waals surface area contributed by atoms with E-state index in [1.165, 1.54) is 5.56 Å². The Morgan fingerprint density at radius 1 is 1.36 bits per heavy atom. The van der Waals surface area contributed by atoms with Crippen LogP contribution in [0.1, 0.15) is 11.5 Å². The van der Waals surface area contributed by atoms with Gasteiger partial charge in [0.15, 0.2) is 0 Å². The van der Waals surface area contributed by atoms with Gasteiger partial charge in [-0.1, -0.05) is 34.1 Å². The largest absolute Gasteiger partial charge is 0.316 e. The summed E-state index contributed by atoms with van der Waals surface area (Å²) in [4.78, 5) is 1.12. The van der Waals surface area contributed by atoms with Crippen molar-refractivity contribution in [3.8, 4) is 0 Å². The molecule has 0 radical (unpaired) electrons. The Labute approximate surface area is 98.8 Å². The fourth-order valence-electron chi connectivity index (χ4n) is 2.06. The molecule has 2 atom stereocenters. The van der Waals surface area contributed by atoms with Gasteiger partial charge < -0.3 is 5.32 Å². The van der Waals surface area contributed by atoms with Gasteiger partial charge in [-0.2, -0.15) is 0 Å². The first-order valence-corrected chi connectivity index (χ1v) is 6.44. The Bertz CT molecular complexity index is 316. The smallest absolute Gasteiger partial charge is 0.00781 e. The van der Waals surface area contributed by atoms with E-state index in [0.717, 1.165) is 23.3 Å². The summed E-state index contributed by atoms with van der Waals surface area (Å²) in [5.41, 5.74) is 1.38. The summed E-state index contributed by atoms with van der Waals surface area (Å²) in [6, 6.07) is 8.40. The third-order valence-corrected chi connectivity index (χ3v) is 4.11. The molecule has 1 nitrogen and oxygen atoms in total. The highest BCUT2D eigenvalue weighted by atomic mass is 79.9. The zero-order chi connectivity index (χ0) is 9.97. The van der Waals surface area contributed by atoms with Crippen molar-refractivity contribution in [3.63, 3.8) is 0 Å². The van der Waals surface area contributed by atoms with Crippen molar-refractivity contribution < 1.29 is 0 Å². The molecule has 1 N–H and O–H groups in total. The summed E-state index contributed by atoms with van der Waals surface area (Å²) in [6.45, 7) is 2.19. The van der Waals surface area contributed by atoms with Crippen LogP contribution in [0, 0.1) is 5.92 Å². The topological polar surface area (TPSA) is 12.0 Å². The van der Waals surface area contributed by atoms with Crippen LogP contribution in [0.25, 0.3) is 0 Å². The lowest BCUT2D eigenvalue weighted by atomic mass is 9.90. The normalized spacial score (nSPS) is 26.7. The van der Waals surface area contributed by atoms with Crippen molar-refractivity contribution in [1.82, 2.24) is 5.32 Å². The lowest BCUT2D eigenvalue weighted by Gasteiger charge is -2.18. The molecule has 0 bridgehead atoms. The molecule has 14 heavy (non-hydrogen) atoms. The molecule has 1 aliphatic rings. The van der Waals surface area contributed by atoms with Crippen LogP contribution in [0.4, 0.5) is 0 Å². The van der Waals surface area contributed by atoms with Gasteiger partial charge in [-0.15, -0.1) is 12.6 Å². The quantitative estimate of drug-likeness (QED) is 0.623. The molecule has 1 aliphatic heterocycles. The molecule has 2 rings (SSSR count). The molecular formula is C11H14BrNS. The minimum absolute atomic E-state index is 0.614. The highest BCUT2D eigenvalue weighted by Gasteiger charge is 2.28. The van der Waals surface area contributed by atoms with Gasteiger partial charge in [0.25, 0.3) is 0 Å². The van der Waals surface area contributed by atoms with Gasteiger partial charge in [0.2, 0.25) is 0 Å². The SMILES string of the molecule is Sc1ccccc1C1CNCC1CBr. The van der Waals surface area contributed by atoms with Crippen molar-refractivity contribution in [2.45, 2.75) is 10.8 Å². The van der Waals surface area contributed by atoms with E-state index < -0.39 is 0 Å². The second-order valence-corrected chi connectivity index (χ2v) is 4.87. The van der Waals surface area contributed by atoms with Crippen LogP contribution in [0.2, 0.25) is 0 Å². The molecular weight excluding hydrogens is 258 g/mol. The molecule has 0 aliphatic carbocycles. The molecule has 0 amide bonds. The molecule has 3 heteroatoms. The fourth-order valence-corrected chi connectivity index (χ4v) is 3.07. The van der Waals surface area contributed by atoms with Crippen molar-refractivity contribution in [2.24, 2.45) is 5.92 Å². The lowest BCUT2D eigenvalue weighted by Crippen LogP contribution is -2.12. The maximum absolute atomic E-state index is 4.51. The molecule has 0 aromatic heterocycles. The Balaban J connectivity index is 2.26. The number of rotatable bonds is 2. The second-order valence-electron chi connectivity index (χ2n) is 3.74. The predicted octanol–water partition coefficient (Wildman–Crippen LogP) is 2.67. The van der Waals surface area contributed by atoms with Gasteiger partial charge in [-0.05, 0) is 24.1 Å². The summed E-state index contributed by atoms with van der Waals surface area (Å²) in [7, 11) is 0. The summed E-state index contributed by atoms with van der Waals surface area (Å²) < 4.78 is 0. The van der Waals surface area contributed by atoms with Gasteiger partial charge in [-0.3, -0.25) is 0 Å². The van der Waals surface area contributed by atoms with E-state index >= 15 is 0 Å². The van der Waals surface area contributed by atoms with Crippen molar-refractivity contribution >= 4 is 28.6 Å². The van der Waals surface area contributed by atoms with Crippen LogP contribution < -0.4 is 5.32 Å². The van der Waals surface area contributed by atoms with Crippen molar-refractivity contribution in [1.29, 1.82) is 0 Å². The summed E-state index contributed by atoms with van der Waals surface area (Å²) >= 11 is 8.08. The highest BCUT2D eigenvalue weighted by molar-refractivity contribution is 9.09. The summed E-state index contributed by atoms with van der Waals surface area (Å²) in [5.74, 6) is 1.31. The van der Waals surface area contributed by atoms with E-state index in [4.69, 9.17) is 0 Å². The molecule has 1 aromatic rings. The number of benzene rings is 1. The Morgan fingerprint density at radius 3 is 2.86 bits per heavy atom.